The lowest BCUT2D eigenvalue weighted by atomic mass is 9.61. The van der Waals surface area contributed by atoms with Gasteiger partial charge in [0.1, 0.15) is 0 Å². The molecular formula is C13H24INO2. The van der Waals surface area contributed by atoms with Gasteiger partial charge in [-0.2, -0.15) is 0 Å². The Labute approximate surface area is 118 Å². The van der Waals surface area contributed by atoms with E-state index in [1.165, 1.54) is 32.1 Å². The van der Waals surface area contributed by atoms with E-state index in [4.69, 9.17) is 4.74 Å². The van der Waals surface area contributed by atoms with Gasteiger partial charge in [-0.3, -0.25) is 0 Å². The molecule has 1 saturated heterocycles. The molecule has 2 atom stereocenters. The van der Waals surface area contributed by atoms with Crippen LogP contribution in [0.1, 0.15) is 38.5 Å². The zero-order chi connectivity index (χ0) is 12.4. The normalized spacial score (nSPS) is 39.0. The lowest BCUT2D eigenvalue weighted by molar-refractivity contribution is -0.00461. The predicted octanol–water partition coefficient (Wildman–Crippen LogP) is 2.62. The lowest BCUT2D eigenvalue weighted by Gasteiger charge is -2.43. The number of methoxy groups -OCH3 is 1. The van der Waals surface area contributed by atoms with Gasteiger partial charge in [-0.05, 0) is 24.7 Å². The van der Waals surface area contributed by atoms with Gasteiger partial charge in [0.2, 0.25) is 0 Å². The maximum Gasteiger partial charge on any atom is 0.0505 e. The minimum atomic E-state index is 0.128. The van der Waals surface area contributed by atoms with Crippen LogP contribution in [0.25, 0.3) is 0 Å². The van der Waals surface area contributed by atoms with Gasteiger partial charge in [-0.1, -0.05) is 19.3 Å². The molecule has 4 heteroatoms. The Morgan fingerprint density at radius 3 is 2.47 bits per heavy atom. The van der Waals surface area contributed by atoms with Crippen LogP contribution >= 0.6 is 22.9 Å². The molecule has 0 aromatic heterocycles. The summed E-state index contributed by atoms with van der Waals surface area (Å²) in [6, 6.07) is 0. The van der Waals surface area contributed by atoms with E-state index >= 15 is 0 Å². The quantitative estimate of drug-likeness (QED) is 0.623. The molecule has 0 bridgehead atoms. The molecule has 1 aliphatic heterocycles. The van der Waals surface area contributed by atoms with Crippen molar-refractivity contribution in [3.05, 3.63) is 0 Å². The Kier molecular flexibility index (Phi) is 4.72. The van der Waals surface area contributed by atoms with Gasteiger partial charge in [-0.15, -0.1) is 0 Å². The third-order valence-electron chi connectivity index (χ3n) is 4.97. The van der Waals surface area contributed by atoms with Crippen LogP contribution in [0.3, 0.4) is 0 Å². The van der Waals surface area contributed by atoms with Gasteiger partial charge in [0, 0.05) is 55.1 Å². The average molecular weight is 353 g/mol. The van der Waals surface area contributed by atoms with Crippen LogP contribution in [-0.4, -0.2) is 41.6 Å². The molecule has 2 aliphatic rings. The number of aliphatic hydroxyl groups excluding tert-OH is 1. The molecule has 1 heterocycles. The van der Waals surface area contributed by atoms with Gasteiger partial charge >= 0.3 is 0 Å². The molecule has 0 aromatic rings. The van der Waals surface area contributed by atoms with E-state index in [2.05, 4.69) is 26.0 Å². The molecule has 17 heavy (non-hydrogen) atoms. The fourth-order valence-electron chi connectivity index (χ4n) is 3.90. The van der Waals surface area contributed by atoms with Crippen molar-refractivity contribution in [3.63, 3.8) is 0 Å². The van der Waals surface area contributed by atoms with Crippen LogP contribution in [0.4, 0.5) is 0 Å². The Balaban J connectivity index is 2.25. The standard InChI is InChI=1S/C13H24INO2/c1-17-8-7-12-5-3-2-4-6-13(12,11-16)10-15(14)9-12/h16H,2-11H2,1H3. The van der Waals surface area contributed by atoms with Crippen molar-refractivity contribution in [1.29, 1.82) is 0 Å². The molecule has 2 unspecified atom stereocenters. The SMILES string of the molecule is COCCC12CCCCCC1(CO)CN(I)C2. The van der Waals surface area contributed by atoms with Crippen molar-refractivity contribution in [3.8, 4) is 0 Å². The number of fused-ring (bicyclic) bond motifs is 1. The van der Waals surface area contributed by atoms with E-state index < -0.39 is 0 Å². The first-order valence-corrected chi connectivity index (χ1v) is 7.65. The molecule has 1 N–H and O–H groups in total. The molecule has 1 aliphatic carbocycles. The van der Waals surface area contributed by atoms with Crippen molar-refractivity contribution in [1.82, 2.24) is 3.11 Å². The molecule has 0 spiro atoms. The average Bonchev–Trinajstić information content (AvgIpc) is 2.48. The van der Waals surface area contributed by atoms with E-state index in [1.54, 1.807) is 7.11 Å². The molecule has 0 radical (unpaired) electrons. The van der Waals surface area contributed by atoms with Crippen LogP contribution < -0.4 is 0 Å². The predicted molar refractivity (Wildman–Crippen MR) is 77.1 cm³/mol. The number of nitrogens with zero attached hydrogens (tertiary/aromatic N) is 1. The van der Waals surface area contributed by atoms with Gasteiger partial charge in [0.15, 0.2) is 0 Å². The third kappa shape index (κ3) is 2.51. The second-order valence-corrected chi connectivity index (χ2v) is 7.17. The molecule has 1 saturated carbocycles. The summed E-state index contributed by atoms with van der Waals surface area (Å²) in [6.45, 7) is 3.34. The summed E-state index contributed by atoms with van der Waals surface area (Å²) in [5, 5.41) is 9.99. The third-order valence-corrected chi connectivity index (χ3v) is 5.65. The van der Waals surface area contributed by atoms with Crippen LogP contribution in [0, 0.1) is 10.8 Å². The fraction of sp³-hybridized carbons (Fsp3) is 1.00. The van der Waals surface area contributed by atoms with Crippen molar-refractivity contribution < 1.29 is 9.84 Å². The minimum absolute atomic E-state index is 0.128. The first-order valence-electron chi connectivity index (χ1n) is 6.69. The number of hydrogen-bond acceptors (Lipinski definition) is 3. The summed E-state index contributed by atoms with van der Waals surface area (Å²) in [4.78, 5) is 0. The first kappa shape index (κ1) is 14.0. The summed E-state index contributed by atoms with van der Waals surface area (Å²) in [7, 11) is 1.78. The van der Waals surface area contributed by atoms with E-state index in [1.807, 2.05) is 0 Å². The second-order valence-electron chi connectivity index (χ2n) is 5.80. The van der Waals surface area contributed by atoms with Gasteiger partial charge < -0.3 is 9.84 Å². The topological polar surface area (TPSA) is 32.7 Å². The summed E-state index contributed by atoms with van der Waals surface area (Å²) in [5.41, 5.74) is 0.415. The second kappa shape index (κ2) is 5.72. The summed E-state index contributed by atoms with van der Waals surface area (Å²) >= 11 is 2.43. The number of aliphatic hydroxyl groups is 1. The van der Waals surface area contributed by atoms with Gasteiger partial charge in [-0.25, -0.2) is 3.11 Å². The highest BCUT2D eigenvalue weighted by molar-refractivity contribution is 14.1. The molecule has 0 amide bonds. The smallest absolute Gasteiger partial charge is 0.0505 e. The van der Waals surface area contributed by atoms with Crippen LogP contribution in [0.5, 0.6) is 0 Å². The Morgan fingerprint density at radius 1 is 1.18 bits per heavy atom. The largest absolute Gasteiger partial charge is 0.396 e. The summed E-state index contributed by atoms with van der Waals surface area (Å²) in [6.07, 6.45) is 7.47. The molecule has 100 valence electrons. The molecule has 2 fully saturated rings. The summed E-state index contributed by atoms with van der Waals surface area (Å²) in [5.74, 6) is 0. The first-order chi connectivity index (χ1) is 8.18. The highest BCUT2D eigenvalue weighted by Gasteiger charge is 2.56. The molecular weight excluding hydrogens is 329 g/mol. The minimum Gasteiger partial charge on any atom is -0.396 e. The van der Waals surface area contributed by atoms with E-state index in [-0.39, 0.29) is 10.8 Å². The van der Waals surface area contributed by atoms with Crippen LogP contribution in [0.2, 0.25) is 0 Å². The van der Waals surface area contributed by atoms with Crippen molar-refractivity contribution in [2.24, 2.45) is 10.8 Å². The maximum atomic E-state index is 9.99. The van der Waals surface area contributed by atoms with E-state index in [0.717, 1.165) is 26.1 Å². The van der Waals surface area contributed by atoms with Crippen molar-refractivity contribution in [2.45, 2.75) is 38.5 Å². The highest BCUT2D eigenvalue weighted by Crippen LogP contribution is 2.56. The molecule has 2 rings (SSSR count). The van der Waals surface area contributed by atoms with Gasteiger partial charge in [0.05, 0.1) is 6.61 Å². The van der Waals surface area contributed by atoms with Crippen molar-refractivity contribution in [2.75, 3.05) is 33.4 Å². The molecule has 0 aromatic carbocycles. The zero-order valence-corrected chi connectivity index (χ0v) is 12.9. The van der Waals surface area contributed by atoms with E-state index in [0.29, 0.717) is 6.61 Å². The Hall–Kier alpha value is 0.610. The molecule has 3 nitrogen and oxygen atoms in total. The summed E-state index contributed by atoms with van der Waals surface area (Å²) < 4.78 is 7.69. The number of halogens is 1. The highest BCUT2D eigenvalue weighted by atomic mass is 127. The Morgan fingerprint density at radius 2 is 1.82 bits per heavy atom. The number of hydrogen-bond donors (Lipinski definition) is 1. The maximum absolute atomic E-state index is 9.99. The van der Waals surface area contributed by atoms with Gasteiger partial charge in [0.25, 0.3) is 0 Å². The van der Waals surface area contributed by atoms with Crippen LogP contribution in [0.15, 0.2) is 0 Å². The number of rotatable bonds is 4. The van der Waals surface area contributed by atoms with E-state index in [9.17, 15) is 5.11 Å². The lowest BCUT2D eigenvalue weighted by Crippen LogP contribution is -2.44. The van der Waals surface area contributed by atoms with Crippen molar-refractivity contribution >= 4 is 22.9 Å². The Bertz CT molecular complexity index is 264. The zero-order valence-electron chi connectivity index (χ0n) is 10.8. The monoisotopic (exact) mass is 353 g/mol. The number of ether oxygens (including phenoxy) is 1. The van der Waals surface area contributed by atoms with Crippen LogP contribution in [-0.2, 0) is 4.74 Å². The fourth-order valence-corrected chi connectivity index (χ4v) is 5.21.